The Morgan fingerprint density at radius 2 is 1.68 bits per heavy atom. The fourth-order valence-corrected chi connectivity index (χ4v) is 2.89. The lowest BCUT2D eigenvalue weighted by molar-refractivity contribution is 0.0108. The molecule has 1 aliphatic rings. The molecule has 0 amide bonds. The summed E-state index contributed by atoms with van der Waals surface area (Å²) in [6.07, 6.45) is 0.708. The van der Waals surface area contributed by atoms with Gasteiger partial charge in [-0.05, 0) is 43.8 Å². The molecule has 2 aromatic carbocycles. The number of halogens is 1. The summed E-state index contributed by atoms with van der Waals surface area (Å²) in [5.41, 5.74) is 2.99. The summed E-state index contributed by atoms with van der Waals surface area (Å²) in [5.74, 6) is -0.260. The predicted molar refractivity (Wildman–Crippen MR) is 89.5 cm³/mol. The second-order valence-corrected chi connectivity index (χ2v) is 5.63. The minimum Gasteiger partial charge on any atom is -0.452 e. The van der Waals surface area contributed by atoms with Gasteiger partial charge in [0.1, 0.15) is 6.10 Å². The average Bonchev–Trinajstić information content (AvgIpc) is 2.87. The maximum atomic E-state index is 12.3. The van der Waals surface area contributed by atoms with Crippen LogP contribution in [-0.4, -0.2) is 31.0 Å². The van der Waals surface area contributed by atoms with Gasteiger partial charge in [-0.15, -0.1) is 12.4 Å². The number of hydrogen-bond donors (Lipinski definition) is 0. The van der Waals surface area contributed by atoms with Crippen molar-refractivity contribution in [3.8, 4) is 0 Å². The highest BCUT2D eigenvalue weighted by molar-refractivity contribution is 5.89. The second-order valence-electron chi connectivity index (χ2n) is 5.63. The Morgan fingerprint density at radius 3 is 2.36 bits per heavy atom. The van der Waals surface area contributed by atoms with Crippen molar-refractivity contribution in [1.82, 2.24) is 4.90 Å². The van der Waals surface area contributed by atoms with Crippen molar-refractivity contribution in [3.63, 3.8) is 0 Å². The van der Waals surface area contributed by atoms with E-state index in [2.05, 4.69) is 17.0 Å². The van der Waals surface area contributed by atoms with Crippen molar-refractivity contribution in [2.45, 2.75) is 18.6 Å². The molecule has 3 rings (SSSR count). The van der Waals surface area contributed by atoms with Crippen LogP contribution in [0.4, 0.5) is 0 Å². The van der Waals surface area contributed by atoms with Crippen LogP contribution in [0.15, 0.2) is 54.6 Å². The fraction of sp³-hybridized carbons (Fsp3) is 0.278. The zero-order chi connectivity index (χ0) is 14.8. The molecule has 2 atom stereocenters. The minimum absolute atomic E-state index is 0. The molecule has 4 heteroatoms. The molecule has 0 N–H and O–H groups in total. The highest BCUT2D eigenvalue weighted by Crippen LogP contribution is 2.36. The Hall–Kier alpha value is -1.84. The molecule has 0 saturated carbocycles. The van der Waals surface area contributed by atoms with Crippen molar-refractivity contribution in [3.05, 3.63) is 71.3 Å². The maximum Gasteiger partial charge on any atom is 0.338 e. The van der Waals surface area contributed by atoms with E-state index in [0.717, 1.165) is 12.0 Å². The van der Waals surface area contributed by atoms with Gasteiger partial charge in [-0.25, -0.2) is 4.79 Å². The van der Waals surface area contributed by atoms with Gasteiger partial charge in [-0.3, -0.25) is 0 Å². The summed E-state index contributed by atoms with van der Waals surface area (Å²) < 4.78 is 5.82. The Bertz CT molecular complexity index is 643. The third-order valence-corrected chi connectivity index (χ3v) is 4.05. The summed E-state index contributed by atoms with van der Waals surface area (Å²) >= 11 is 0. The third-order valence-electron chi connectivity index (χ3n) is 4.05. The normalized spacial score (nSPS) is 19.4. The van der Waals surface area contributed by atoms with Crippen LogP contribution < -0.4 is 0 Å². The Labute approximate surface area is 137 Å². The number of ether oxygens (including phenoxy) is 1. The molecule has 116 valence electrons. The van der Waals surface area contributed by atoms with Crippen molar-refractivity contribution < 1.29 is 9.53 Å². The summed E-state index contributed by atoms with van der Waals surface area (Å²) in [4.78, 5) is 14.5. The number of benzene rings is 2. The summed E-state index contributed by atoms with van der Waals surface area (Å²) in [6, 6.07) is 17.6. The van der Waals surface area contributed by atoms with Gasteiger partial charge in [0.25, 0.3) is 0 Å². The zero-order valence-electron chi connectivity index (χ0n) is 12.7. The Morgan fingerprint density at radius 1 is 1.05 bits per heavy atom. The quantitative estimate of drug-likeness (QED) is 0.812. The monoisotopic (exact) mass is 317 g/mol. The van der Waals surface area contributed by atoms with E-state index in [1.165, 1.54) is 5.56 Å². The van der Waals surface area contributed by atoms with Gasteiger partial charge in [0.15, 0.2) is 0 Å². The van der Waals surface area contributed by atoms with Crippen molar-refractivity contribution in [1.29, 1.82) is 0 Å². The van der Waals surface area contributed by atoms with E-state index in [-0.39, 0.29) is 30.5 Å². The molecule has 0 saturated heterocycles. The number of hydrogen-bond acceptors (Lipinski definition) is 3. The largest absolute Gasteiger partial charge is 0.452 e. The SMILES string of the molecule is CN(C)[C@@H]1Cc2ccccc2[C@@H]1OC(=O)c1ccccc1.Cl. The first-order valence-corrected chi connectivity index (χ1v) is 7.17. The molecule has 22 heavy (non-hydrogen) atoms. The number of esters is 1. The van der Waals surface area contributed by atoms with E-state index in [0.29, 0.717) is 5.56 Å². The summed E-state index contributed by atoms with van der Waals surface area (Å²) in [6.45, 7) is 0. The molecule has 0 radical (unpaired) electrons. The van der Waals surface area contributed by atoms with Crippen LogP contribution in [0.25, 0.3) is 0 Å². The molecule has 0 aliphatic heterocycles. The van der Waals surface area contributed by atoms with E-state index >= 15 is 0 Å². The van der Waals surface area contributed by atoms with Crippen LogP contribution in [0.3, 0.4) is 0 Å². The number of fused-ring (bicyclic) bond motifs is 1. The number of rotatable bonds is 3. The van der Waals surface area contributed by atoms with Crippen LogP contribution in [0, 0.1) is 0 Å². The van der Waals surface area contributed by atoms with Gasteiger partial charge in [0, 0.05) is 0 Å². The first kappa shape index (κ1) is 16.5. The predicted octanol–water partition coefficient (Wildman–Crippen LogP) is 3.49. The molecular formula is C18H20ClNO2. The molecule has 2 aromatic rings. The third kappa shape index (κ3) is 3.16. The highest BCUT2D eigenvalue weighted by atomic mass is 35.5. The second kappa shape index (κ2) is 6.95. The summed E-state index contributed by atoms with van der Waals surface area (Å²) in [7, 11) is 4.06. The van der Waals surface area contributed by atoms with Gasteiger partial charge in [-0.2, -0.15) is 0 Å². The van der Waals surface area contributed by atoms with Crippen molar-refractivity contribution in [2.24, 2.45) is 0 Å². The van der Waals surface area contributed by atoms with E-state index in [4.69, 9.17) is 4.74 Å². The van der Waals surface area contributed by atoms with E-state index < -0.39 is 0 Å². The molecular weight excluding hydrogens is 298 g/mol. The maximum absolute atomic E-state index is 12.3. The zero-order valence-corrected chi connectivity index (χ0v) is 13.5. The van der Waals surface area contributed by atoms with Crippen LogP contribution in [0.1, 0.15) is 27.6 Å². The standard InChI is InChI=1S/C18H19NO2.ClH/c1-19(2)16-12-14-10-6-7-11-15(14)17(16)21-18(20)13-8-4-3-5-9-13;/h3-11,16-17H,12H2,1-2H3;1H/t16-,17+;/m1./s1. The number of carbonyl (C=O) groups is 1. The smallest absolute Gasteiger partial charge is 0.338 e. The van der Waals surface area contributed by atoms with Gasteiger partial charge in [0.2, 0.25) is 0 Å². The molecule has 0 spiro atoms. The van der Waals surface area contributed by atoms with Gasteiger partial charge in [-0.1, -0.05) is 42.5 Å². The van der Waals surface area contributed by atoms with Crippen molar-refractivity contribution in [2.75, 3.05) is 14.1 Å². The van der Waals surface area contributed by atoms with Gasteiger partial charge >= 0.3 is 5.97 Å². The number of likely N-dealkylation sites (N-methyl/N-ethyl adjacent to an activating group) is 1. The van der Waals surface area contributed by atoms with Crippen LogP contribution in [0.5, 0.6) is 0 Å². The lowest BCUT2D eigenvalue weighted by Crippen LogP contribution is -2.34. The highest BCUT2D eigenvalue weighted by Gasteiger charge is 2.36. The number of nitrogens with zero attached hydrogens (tertiary/aromatic N) is 1. The molecule has 0 aromatic heterocycles. The topological polar surface area (TPSA) is 29.5 Å². The van der Waals surface area contributed by atoms with Gasteiger partial charge < -0.3 is 9.64 Å². The van der Waals surface area contributed by atoms with Crippen LogP contribution >= 0.6 is 12.4 Å². The molecule has 1 aliphatic carbocycles. The molecule has 3 nitrogen and oxygen atoms in total. The lowest BCUT2D eigenvalue weighted by atomic mass is 10.1. The minimum atomic E-state index is -0.260. The lowest BCUT2D eigenvalue weighted by Gasteiger charge is -2.26. The first-order valence-electron chi connectivity index (χ1n) is 7.17. The molecule has 0 unspecified atom stereocenters. The average molecular weight is 318 g/mol. The first-order chi connectivity index (χ1) is 10.2. The van der Waals surface area contributed by atoms with Crippen LogP contribution in [-0.2, 0) is 11.2 Å². The molecule has 0 bridgehead atoms. The van der Waals surface area contributed by atoms with Crippen molar-refractivity contribution >= 4 is 18.4 Å². The van der Waals surface area contributed by atoms with Gasteiger partial charge in [0.05, 0.1) is 11.6 Å². The Balaban J connectivity index is 0.00000176. The Kier molecular flexibility index (Phi) is 5.22. The van der Waals surface area contributed by atoms with E-state index in [1.54, 1.807) is 12.1 Å². The molecule has 0 fully saturated rings. The van der Waals surface area contributed by atoms with Crippen LogP contribution in [0.2, 0.25) is 0 Å². The van der Waals surface area contributed by atoms with E-state index in [1.807, 2.05) is 44.4 Å². The molecule has 0 heterocycles. The van der Waals surface area contributed by atoms with E-state index in [9.17, 15) is 4.79 Å². The number of carbonyl (C=O) groups excluding carboxylic acids is 1. The summed E-state index contributed by atoms with van der Waals surface area (Å²) in [5, 5.41) is 0. The fourth-order valence-electron chi connectivity index (χ4n) is 2.89.